The molecule has 2 rings (SSSR count). The molecule has 6 heteroatoms. The van der Waals surface area contributed by atoms with E-state index in [4.69, 9.17) is 16.3 Å². The monoisotopic (exact) mass is 263 g/mol. The van der Waals surface area contributed by atoms with Gasteiger partial charge in [0.25, 0.3) is 5.91 Å². The van der Waals surface area contributed by atoms with Crippen molar-refractivity contribution in [2.45, 2.75) is 0 Å². The average molecular weight is 264 g/mol. The molecule has 2 aromatic heterocycles. The average Bonchev–Trinajstić information content (AvgIpc) is 2.41. The highest BCUT2D eigenvalue weighted by atomic mass is 35.5. The Bertz CT molecular complexity index is 558. The second-order valence-electron chi connectivity index (χ2n) is 3.40. The van der Waals surface area contributed by atoms with E-state index in [2.05, 4.69) is 15.3 Å². The first-order valence-corrected chi connectivity index (χ1v) is 5.49. The molecule has 1 amide bonds. The third kappa shape index (κ3) is 2.75. The molecule has 2 heterocycles. The van der Waals surface area contributed by atoms with Gasteiger partial charge in [-0.2, -0.15) is 0 Å². The van der Waals surface area contributed by atoms with E-state index in [1.807, 2.05) is 0 Å². The van der Waals surface area contributed by atoms with Crippen molar-refractivity contribution < 1.29 is 9.53 Å². The van der Waals surface area contributed by atoms with E-state index in [0.29, 0.717) is 22.2 Å². The lowest BCUT2D eigenvalue weighted by atomic mass is 10.2. The minimum Gasteiger partial charge on any atom is -0.494 e. The molecule has 0 aliphatic heterocycles. The zero-order valence-electron chi connectivity index (χ0n) is 9.55. The van der Waals surface area contributed by atoms with Gasteiger partial charge in [0.1, 0.15) is 10.9 Å². The Balaban J connectivity index is 2.19. The van der Waals surface area contributed by atoms with Crippen LogP contribution in [0.25, 0.3) is 0 Å². The lowest BCUT2D eigenvalue weighted by Crippen LogP contribution is -2.13. The predicted octanol–water partition coefficient (Wildman–Crippen LogP) is 2.39. The van der Waals surface area contributed by atoms with Crippen molar-refractivity contribution in [2.24, 2.45) is 0 Å². The Hall–Kier alpha value is -2.14. The number of amides is 1. The second-order valence-corrected chi connectivity index (χ2v) is 3.79. The third-order valence-corrected chi connectivity index (χ3v) is 2.46. The van der Waals surface area contributed by atoms with Gasteiger partial charge in [-0.3, -0.25) is 9.78 Å². The number of pyridine rings is 2. The first-order valence-electron chi connectivity index (χ1n) is 5.11. The lowest BCUT2D eigenvalue weighted by Gasteiger charge is -2.08. The van der Waals surface area contributed by atoms with Crippen molar-refractivity contribution in [3.8, 4) is 5.75 Å². The second kappa shape index (κ2) is 5.46. The summed E-state index contributed by atoms with van der Waals surface area (Å²) in [6.07, 6.45) is 4.49. The summed E-state index contributed by atoms with van der Waals surface area (Å²) in [4.78, 5) is 19.8. The van der Waals surface area contributed by atoms with Crippen LogP contribution in [0.3, 0.4) is 0 Å². The zero-order valence-corrected chi connectivity index (χ0v) is 10.3. The van der Waals surface area contributed by atoms with Crippen LogP contribution in [0.4, 0.5) is 5.69 Å². The molecule has 92 valence electrons. The highest BCUT2D eigenvalue weighted by molar-refractivity contribution is 6.29. The number of carbonyl (C=O) groups excluding carboxylic acids is 1. The zero-order chi connectivity index (χ0) is 13.0. The molecule has 0 spiro atoms. The van der Waals surface area contributed by atoms with Gasteiger partial charge in [0.05, 0.1) is 30.8 Å². The molecule has 2 aromatic rings. The number of anilines is 1. The van der Waals surface area contributed by atoms with Gasteiger partial charge in [-0.1, -0.05) is 11.6 Å². The molecular weight excluding hydrogens is 254 g/mol. The predicted molar refractivity (Wildman–Crippen MR) is 68.0 cm³/mol. The molecule has 1 N–H and O–H groups in total. The highest BCUT2D eigenvalue weighted by Gasteiger charge is 2.12. The number of hydrogen-bond acceptors (Lipinski definition) is 4. The standard InChI is InChI=1S/C12H10ClN3O2/c1-18-10-7-14-5-4-9(10)12(17)16-8-2-3-11(13)15-6-8/h2-7H,1H3,(H,16,17). The molecule has 0 saturated heterocycles. The van der Waals surface area contributed by atoms with Crippen LogP contribution in [0, 0.1) is 0 Å². The minimum absolute atomic E-state index is 0.293. The fraction of sp³-hybridized carbons (Fsp3) is 0.0833. The maximum atomic E-state index is 12.0. The number of rotatable bonds is 3. The number of methoxy groups -OCH3 is 1. The van der Waals surface area contributed by atoms with Gasteiger partial charge < -0.3 is 10.1 Å². The molecule has 0 unspecified atom stereocenters. The summed E-state index contributed by atoms with van der Waals surface area (Å²) >= 11 is 5.66. The Morgan fingerprint density at radius 3 is 2.83 bits per heavy atom. The summed E-state index contributed by atoms with van der Waals surface area (Å²) in [7, 11) is 1.48. The van der Waals surface area contributed by atoms with E-state index < -0.39 is 0 Å². The van der Waals surface area contributed by atoms with E-state index in [1.54, 1.807) is 18.2 Å². The number of nitrogens with one attached hydrogen (secondary N) is 1. The van der Waals surface area contributed by atoms with E-state index in [0.717, 1.165) is 0 Å². The van der Waals surface area contributed by atoms with Crippen molar-refractivity contribution >= 4 is 23.2 Å². The Morgan fingerprint density at radius 2 is 2.17 bits per heavy atom. The van der Waals surface area contributed by atoms with Crippen LogP contribution in [-0.2, 0) is 0 Å². The SMILES string of the molecule is COc1cnccc1C(=O)Nc1ccc(Cl)nc1. The van der Waals surface area contributed by atoms with Gasteiger partial charge >= 0.3 is 0 Å². The molecule has 0 atom stereocenters. The fourth-order valence-electron chi connectivity index (χ4n) is 1.38. The van der Waals surface area contributed by atoms with Crippen molar-refractivity contribution in [1.29, 1.82) is 0 Å². The van der Waals surface area contributed by atoms with Crippen LogP contribution in [0.5, 0.6) is 5.75 Å². The van der Waals surface area contributed by atoms with Crippen molar-refractivity contribution in [3.05, 3.63) is 47.5 Å². The normalized spacial score (nSPS) is 9.89. The van der Waals surface area contributed by atoms with Gasteiger partial charge in [0.2, 0.25) is 0 Å². The maximum absolute atomic E-state index is 12.0. The first-order chi connectivity index (χ1) is 8.70. The van der Waals surface area contributed by atoms with Crippen molar-refractivity contribution in [2.75, 3.05) is 12.4 Å². The number of nitrogens with zero attached hydrogens (tertiary/aromatic N) is 2. The van der Waals surface area contributed by atoms with E-state index >= 15 is 0 Å². The Kier molecular flexibility index (Phi) is 3.74. The van der Waals surface area contributed by atoms with Crippen LogP contribution < -0.4 is 10.1 Å². The number of carbonyl (C=O) groups is 1. The minimum atomic E-state index is -0.293. The Labute approximate surface area is 109 Å². The fourth-order valence-corrected chi connectivity index (χ4v) is 1.49. The van der Waals surface area contributed by atoms with Gasteiger partial charge in [-0.25, -0.2) is 4.98 Å². The number of halogens is 1. The van der Waals surface area contributed by atoms with E-state index in [9.17, 15) is 4.79 Å². The van der Waals surface area contributed by atoms with Crippen LogP contribution in [0.1, 0.15) is 10.4 Å². The summed E-state index contributed by atoms with van der Waals surface area (Å²) in [5.41, 5.74) is 0.964. The maximum Gasteiger partial charge on any atom is 0.259 e. The molecule has 5 nitrogen and oxygen atoms in total. The molecule has 0 aliphatic carbocycles. The van der Waals surface area contributed by atoms with Crippen LogP contribution >= 0.6 is 11.6 Å². The first kappa shape index (κ1) is 12.3. The number of hydrogen-bond donors (Lipinski definition) is 1. The molecule has 0 saturated carbocycles. The van der Waals surface area contributed by atoms with Gasteiger partial charge in [-0.15, -0.1) is 0 Å². The summed E-state index contributed by atoms with van der Waals surface area (Å²) < 4.78 is 5.06. The van der Waals surface area contributed by atoms with E-state index in [-0.39, 0.29) is 5.91 Å². The van der Waals surface area contributed by atoms with Gasteiger partial charge in [0.15, 0.2) is 0 Å². The van der Waals surface area contributed by atoms with E-state index in [1.165, 1.54) is 25.7 Å². The Morgan fingerprint density at radius 1 is 1.33 bits per heavy atom. The molecular formula is C12H10ClN3O2. The van der Waals surface area contributed by atoms with Crippen molar-refractivity contribution in [3.63, 3.8) is 0 Å². The molecule has 18 heavy (non-hydrogen) atoms. The smallest absolute Gasteiger partial charge is 0.259 e. The number of aromatic nitrogens is 2. The molecule has 0 fully saturated rings. The van der Waals surface area contributed by atoms with Gasteiger partial charge in [0, 0.05) is 6.20 Å². The molecule has 0 bridgehead atoms. The number of ether oxygens (including phenoxy) is 1. The summed E-state index contributed by atoms with van der Waals surface area (Å²) in [6.45, 7) is 0. The highest BCUT2D eigenvalue weighted by Crippen LogP contribution is 2.18. The quantitative estimate of drug-likeness (QED) is 0.864. The molecule has 0 aromatic carbocycles. The summed E-state index contributed by atoms with van der Waals surface area (Å²) in [6, 6.07) is 4.85. The topological polar surface area (TPSA) is 64.1 Å². The summed E-state index contributed by atoms with van der Waals surface area (Å²) in [5.74, 6) is 0.121. The van der Waals surface area contributed by atoms with Crippen LogP contribution in [0.15, 0.2) is 36.8 Å². The van der Waals surface area contributed by atoms with Gasteiger partial charge in [-0.05, 0) is 18.2 Å². The largest absolute Gasteiger partial charge is 0.494 e. The van der Waals surface area contributed by atoms with Crippen molar-refractivity contribution in [1.82, 2.24) is 9.97 Å². The van der Waals surface area contributed by atoms with Crippen LogP contribution in [0.2, 0.25) is 5.15 Å². The molecule has 0 aliphatic rings. The summed E-state index contributed by atoms with van der Waals surface area (Å²) in [5, 5.41) is 3.06. The molecule has 0 radical (unpaired) electrons. The third-order valence-electron chi connectivity index (χ3n) is 2.23. The lowest BCUT2D eigenvalue weighted by molar-refractivity contribution is 0.102. The van der Waals surface area contributed by atoms with Crippen LogP contribution in [-0.4, -0.2) is 23.0 Å².